The minimum atomic E-state index is -0.321. The quantitative estimate of drug-likeness (QED) is 0.758. The molecule has 0 spiro atoms. The van der Waals surface area contributed by atoms with Crippen LogP contribution in [-0.4, -0.2) is 25.6 Å². The highest BCUT2D eigenvalue weighted by molar-refractivity contribution is 5.82. The summed E-state index contributed by atoms with van der Waals surface area (Å²) < 4.78 is 5.61. The Morgan fingerprint density at radius 2 is 1.90 bits per heavy atom. The number of hydrogen-bond donors (Lipinski definition) is 2. The molecule has 1 fully saturated rings. The Morgan fingerprint density at radius 1 is 1.19 bits per heavy atom. The lowest BCUT2D eigenvalue weighted by Crippen LogP contribution is -2.47. The van der Waals surface area contributed by atoms with Gasteiger partial charge in [0.05, 0.1) is 12.0 Å². The molecular formula is C17H26N2O2. The summed E-state index contributed by atoms with van der Waals surface area (Å²) in [6.45, 7) is 1.71. The van der Waals surface area contributed by atoms with Gasteiger partial charge in [0.25, 0.3) is 0 Å². The van der Waals surface area contributed by atoms with Crippen LogP contribution in [0.2, 0.25) is 0 Å². The number of carbonyl (C=O) groups is 1. The van der Waals surface area contributed by atoms with E-state index in [0.717, 1.165) is 37.9 Å². The fraction of sp³-hybridized carbons (Fsp3) is 0.588. The molecule has 1 amide bonds. The summed E-state index contributed by atoms with van der Waals surface area (Å²) >= 11 is 0. The van der Waals surface area contributed by atoms with Crippen LogP contribution >= 0.6 is 0 Å². The molecule has 0 bridgehead atoms. The van der Waals surface area contributed by atoms with Crippen molar-refractivity contribution in [2.75, 3.05) is 19.7 Å². The molecule has 0 saturated heterocycles. The number of para-hydroxylation sites is 1. The monoisotopic (exact) mass is 290 g/mol. The van der Waals surface area contributed by atoms with E-state index >= 15 is 0 Å². The van der Waals surface area contributed by atoms with Crippen LogP contribution in [0, 0.1) is 5.41 Å². The molecule has 1 aromatic carbocycles. The molecule has 4 heteroatoms. The molecule has 0 aliphatic heterocycles. The molecule has 1 saturated carbocycles. The summed E-state index contributed by atoms with van der Waals surface area (Å²) in [5.74, 6) is 0.999. The Bertz CT molecular complexity index is 428. The molecule has 4 nitrogen and oxygen atoms in total. The molecule has 0 heterocycles. The predicted molar refractivity (Wildman–Crippen MR) is 84.1 cm³/mol. The van der Waals surface area contributed by atoms with Gasteiger partial charge in [0, 0.05) is 13.1 Å². The molecule has 0 aromatic heterocycles. The third-order valence-corrected chi connectivity index (χ3v) is 4.30. The lowest BCUT2D eigenvalue weighted by molar-refractivity contribution is -0.132. The summed E-state index contributed by atoms with van der Waals surface area (Å²) in [4.78, 5) is 12.4. The number of amides is 1. The molecule has 0 radical (unpaired) electrons. The topological polar surface area (TPSA) is 64.4 Å². The summed E-state index contributed by atoms with van der Waals surface area (Å²) in [5, 5.41) is 3.03. The van der Waals surface area contributed by atoms with Gasteiger partial charge >= 0.3 is 0 Å². The predicted octanol–water partition coefficient (Wildman–Crippen LogP) is 2.48. The second-order valence-corrected chi connectivity index (χ2v) is 5.82. The van der Waals surface area contributed by atoms with Crippen molar-refractivity contribution in [1.29, 1.82) is 0 Å². The normalized spacial score (nSPS) is 17.2. The molecule has 21 heavy (non-hydrogen) atoms. The van der Waals surface area contributed by atoms with Crippen molar-refractivity contribution in [3.8, 4) is 5.75 Å². The van der Waals surface area contributed by atoms with Crippen molar-refractivity contribution < 1.29 is 9.53 Å². The third kappa shape index (κ3) is 4.46. The van der Waals surface area contributed by atoms with Crippen molar-refractivity contribution in [2.24, 2.45) is 11.1 Å². The Morgan fingerprint density at radius 3 is 2.57 bits per heavy atom. The summed E-state index contributed by atoms with van der Waals surface area (Å²) in [6.07, 6.45) is 6.11. The number of rotatable bonds is 7. The largest absolute Gasteiger partial charge is 0.494 e. The first-order valence-electron chi connectivity index (χ1n) is 7.93. The highest BCUT2D eigenvalue weighted by Gasteiger charge is 2.37. The Hall–Kier alpha value is -1.55. The minimum absolute atomic E-state index is 0.129. The van der Waals surface area contributed by atoms with E-state index in [9.17, 15) is 4.79 Å². The second-order valence-electron chi connectivity index (χ2n) is 5.82. The van der Waals surface area contributed by atoms with Gasteiger partial charge in [-0.3, -0.25) is 4.79 Å². The maximum atomic E-state index is 12.4. The van der Waals surface area contributed by atoms with Crippen molar-refractivity contribution in [3.63, 3.8) is 0 Å². The summed E-state index contributed by atoms with van der Waals surface area (Å²) in [6, 6.07) is 9.73. The fourth-order valence-electron chi connectivity index (χ4n) is 2.92. The Labute approximate surface area is 127 Å². The maximum absolute atomic E-state index is 12.4. The third-order valence-electron chi connectivity index (χ3n) is 4.30. The zero-order chi connectivity index (χ0) is 15.0. The van der Waals surface area contributed by atoms with Gasteiger partial charge in [-0.15, -0.1) is 0 Å². The molecular weight excluding hydrogens is 264 g/mol. The van der Waals surface area contributed by atoms with Crippen molar-refractivity contribution in [2.45, 2.75) is 38.5 Å². The maximum Gasteiger partial charge on any atom is 0.227 e. The van der Waals surface area contributed by atoms with Gasteiger partial charge in [0.1, 0.15) is 5.75 Å². The average Bonchev–Trinajstić information content (AvgIpc) is 2.56. The van der Waals surface area contributed by atoms with Gasteiger partial charge in [-0.1, -0.05) is 37.5 Å². The zero-order valence-electron chi connectivity index (χ0n) is 12.6. The van der Waals surface area contributed by atoms with E-state index in [0.29, 0.717) is 19.7 Å². The van der Waals surface area contributed by atoms with E-state index in [2.05, 4.69) is 5.32 Å². The van der Waals surface area contributed by atoms with Crippen LogP contribution in [-0.2, 0) is 4.79 Å². The van der Waals surface area contributed by atoms with E-state index in [1.165, 1.54) is 6.42 Å². The lowest BCUT2D eigenvalue weighted by atomic mass is 9.73. The zero-order valence-corrected chi connectivity index (χ0v) is 12.6. The Kier molecular flexibility index (Phi) is 6.05. The standard InChI is InChI=1S/C17H26N2O2/c18-14-17(10-5-2-6-11-17)16(20)19-12-7-13-21-15-8-3-1-4-9-15/h1,3-4,8-9H,2,5-7,10-14,18H2,(H,19,20). The van der Waals surface area contributed by atoms with Gasteiger partial charge in [-0.2, -0.15) is 0 Å². The number of nitrogens with one attached hydrogen (secondary N) is 1. The molecule has 1 aliphatic carbocycles. The van der Waals surface area contributed by atoms with Crippen molar-refractivity contribution >= 4 is 5.91 Å². The first kappa shape index (κ1) is 15.8. The van der Waals surface area contributed by atoms with Crippen LogP contribution in [0.25, 0.3) is 0 Å². The second kappa shape index (κ2) is 8.03. The van der Waals surface area contributed by atoms with Crippen molar-refractivity contribution in [3.05, 3.63) is 30.3 Å². The van der Waals surface area contributed by atoms with Gasteiger partial charge in [-0.05, 0) is 31.4 Å². The number of hydrogen-bond acceptors (Lipinski definition) is 3. The van der Waals surface area contributed by atoms with Crippen LogP contribution in [0.1, 0.15) is 38.5 Å². The van der Waals surface area contributed by atoms with Crippen LogP contribution < -0.4 is 15.8 Å². The van der Waals surface area contributed by atoms with Crippen LogP contribution in [0.4, 0.5) is 0 Å². The average molecular weight is 290 g/mol. The number of carbonyl (C=O) groups excluding carboxylic acids is 1. The minimum Gasteiger partial charge on any atom is -0.494 e. The summed E-state index contributed by atoms with van der Waals surface area (Å²) in [7, 11) is 0. The van der Waals surface area contributed by atoms with Crippen LogP contribution in [0.15, 0.2) is 30.3 Å². The van der Waals surface area contributed by atoms with Crippen LogP contribution in [0.5, 0.6) is 5.75 Å². The van der Waals surface area contributed by atoms with E-state index in [1.54, 1.807) is 0 Å². The van der Waals surface area contributed by atoms with Crippen LogP contribution in [0.3, 0.4) is 0 Å². The van der Waals surface area contributed by atoms with E-state index in [1.807, 2.05) is 30.3 Å². The van der Waals surface area contributed by atoms with Gasteiger partial charge in [0.2, 0.25) is 5.91 Å². The van der Waals surface area contributed by atoms with E-state index in [4.69, 9.17) is 10.5 Å². The SMILES string of the molecule is NCC1(C(=O)NCCCOc2ccccc2)CCCCC1. The van der Waals surface area contributed by atoms with Gasteiger partial charge in [-0.25, -0.2) is 0 Å². The molecule has 0 unspecified atom stereocenters. The molecule has 1 aliphatic rings. The summed E-state index contributed by atoms with van der Waals surface area (Å²) in [5.41, 5.74) is 5.54. The molecule has 1 aromatic rings. The van der Waals surface area contributed by atoms with Gasteiger partial charge in [0.15, 0.2) is 0 Å². The van der Waals surface area contributed by atoms with E-state index in [-0.39, 0.29) is 11.3 Å². The lowest BCUT2D eigenvalue weighted by Gasteiger charge is -2.34. The first-order valence-corrected chi connectivity index (χ1v) is 7.93. The molecule has 116 valence electrons. The molecule has 0 atom stereocenters. The van der Waals surface area contributed by atoms with E-state index < -0.39 is 0 Å². The first-order chi connectivity index (χ1) is 10.3. The van der Waals surface area contributed by atoms with Crippen molar-refractivity contribution in [1.82, 2.24) is 5.32 Å². The number of benzene rings is 1. The fourth-order valence-corrected chi connectivity index (χ4v) is 2.92. The smallest absolute Gasteiger partial charge is 0.227 e. The Balaban J connectivity index is 1.67. The molecule has 2 rings (SSSR count). The highest BCUT2D eigenvalue weighted by Crippen LogP contribution is 2.35. The number of ether oxygens (including phenoxy) is 1. The molecule has 3 N–H and O–H groups in total. The number of nitrogens with two attached hydrogens (primary N) is 1. The highest BCUT2D eigenvalue weighted by atomic mass is 16.5. The van der Waals surface area contributed by atoms with Gasteiger partial charge < -0.3 is 15.8 Å².